The molecular weight excluding hydrogens is 308 g/mol. The molecule has 1 aliphatic heterocycles. The topological polar surface area (TPSA) is 89.1 Å². The lowest BCUT2D eigenvalue weighted by Crippen LogP contribution is -2.40. The SMILES string of the molecule is Cc1noc(C2CCCN(CC(=O)Nc3c(C)nn(C)c3C)C2)n1. The minimum atomic E-state index is -0.0171. The summed E-state index contributed by atoms with van der Waals surface area (Å²) in [5.41, 5.74) is 2.60. The molecular formula is C16H24N6O2. The third-order valence-corrected chi connectivity index (χ3v) is 4.54. The number of hydrogen-bond donors (Lipinski definition) is 1. The van der Waals surface area contributed by atoms with Crippen molar-refractivity contribution >= 4 is 11.6 Å². The van der Waals surface area contributed by atoms with Crippen LogP contribution in [0, 0.1) is 20.8 Å². The summed E-state index contributed by atoms with van der Waals surface area (Å²) in [6.45, 7) is 7.70. The predicted molar refractivity (Wildman–Crippen MR) is 88.8 cm³/mol. The van der Waals surface area contributed by atoms with Crippen molar-refractivity contribution in [3.8, 4) is 0 Å². The molecule has 24 heavy (non-hydrogen) atoms. The maximum atomic E-state index is 12.4. The Hall–Kier alpha value is -2.22. The summed E-state index contributed by atoms with van der Waals surface area (Å²) in [7, 11) is 1.87. The van der Waals surface area contributed by atoms with Crippen LogP contribution < -0.4 is 5.32 Å². The number of aryl methyl sites for hydroxylation is 3. The molecule has 0 aromatic carbocycles. The number of amides is 1. The first-order valence-electron chi connectivity index (χ1n) is 8.26. The van der Waals surface area contributed by atoms with E-state index in [4.69, 9.17) is 4.52 Å². The van der Waals surface area contributed by atoms with E-state index in [2.05, 4.69) is 25.5 Å². The zero-order valence-electron chi connectivity index (χ0n) is 14.7. The minimum Gasteiger partial charge on any atom is -0.339 e. The van der Waals surface area contributed by atoms with Gasteiger partial charge in [-0.15, -0.1) is 0 Å². The molecule has 1 N–H and O–H groups in total. The number of hydrogen-bond acceptors (Lipinski definition) is 6. The monoisotopic (exact) mass is 332 g/mol. The van der Waals surface area contributed by atoms with Gasteiger partial charge < -0.3 is 9.84 Å². The number of carbonyl (C=O) groups excluding carboxylic acids is 1. The van der Waals surface area contributed by atoms with E-state index in [0.29, 0.717) is 18.3 Å². The Bertz CT molecular complexity index is 735. The Morgan fingerprint density at radius 2 is 2.17 bits per heavy atom. The van der Waals surface area contributed by atoms with Gasteiger partial charge in [0.05, 0.1) is 29.5 Å². The summed E-state index contributed by atoms with van der Waals surface area (Å²) in [5.74, 6) is 1.52. The second-order valence-electron chi connectivity index (χ2n) is 6.47. The van der Waals surface area contributed by atoms with Crippen LogP contribution in [0.5, 0.6) is 0 Å². The third kappa shape index (κ3) is 3.48. The standard InChI is InChI=1S/C16H24N6O2/c1-10-15(11(2)21(4)19-10)18-14(23)9-22-7-5-6-13(8-22)16-17-12(3)20-24-16/h13H,5-9H2,1-4H3,(H,18,23). The number of nitrogens with zero attached hydrogens (tertiary/aromatic N) is 5. The van der Waals surface area contributed by atoms with E-state index in [0.717, 1.165) is 43.0 Å². The zero-order chi connectivity index (χ0) is 17.3. The number of likely N-dealkylation sites (tertiary alicyclic amines) is 1. The predicted octanol–water partition coefficient (Wildman–Crippen LogP) is 1.55. The molecule has 1 fully saturated rings. The van der Waals surface area contributed by atoms with Crippen LogP contribution in [-0.4, -0.2) is 50.4 Å². The number of piperidine rings is 1. The van der Waals surface area contributed by atoms with Gasteiger partial charge in [0, 0.05) is 13.6 Å². The maximum absolute atomic E-state index is 12.4. The van der Waals surface area contributed by atoms with Crippen LogP contribution >= 0.6 is 0 Å². The number of aromatic nitrogens is 4. The fraction of sp³-hybridized carbons (Fsp3) is 0.625. The first kappa shape index (κ1) is 16.6. The lowest BCUT2D eigenvalue weighted by Gasteiger charge is -2.30. The molecule has 3 heterocycles. The normalized spacial score (nSPS) is 18.8. The Balaban J connectivity index is 1.60. The summed E-state index contributed by atoms with van der Waals surface area (Å²) in [5, 5.41) is 11.2. The van der Waals surface area contributed by atoms with Crippen LogP contribution in [0.4, 0.5) is 5.69 Å². The van der Waals surface area contributed by atoms with Gasteiger partial charge in [-0.1, -0.05) is 5.16 Å². The Labute approximate surface area is 141 Å². The summed E-state index contributed by atoms with van der Waals surface area (Å²) < 4.78 is 7.07. The van der Waals surface area contributed by atoms with Crippen LogP contribution in [0.2, 0.25) is 0 Å². The molecule has 0 aliphatic carbocycles. The van der Waals surface area contributed by atoms with Crippen molar-refractivity contribution in [2.24, 2.45) is 7.05 Å². The van der Waals surface area contributed by atoms with E-state index >= 15 is 0 Å². The molecule has 2 aromatic heterocycles. The maximum Gasteiger partial charge on any atom is 0.238 e. The van der Waals surface area contributed by atoms with Gasteiger partial charge in [0.15, 0.2) is 5.82 Å². The average Bonchev–Trinajstić information content (AvgIpc) is 3.07. The van der Waals surface area contributed by atoms with Gasteiger partial charge in [-0.3, -0.25) is 14.4 Å². The van der Waals surface area contributed by atoms with Crippen molar-refractivity contribution in [2.75, 3.05) is 25.0 Å². The third-order valence-electron chi connectivity index (χ3n) is 4.54. The van der Waals surface area contributed by atoms with Crippen molar-refractivity contribution in [3.63, 3.8) is 0 Å². The van der Waals surface area contributed by atoms with Crippen LogP contribution in [-0.2, 0) is 11.8 Å². The highest BCUT2D eigenvalue weighted by Crippen LogP contribution is 2.25. The van der Waals surface area contributed by atoms with Gasteiger partial charge in [-0.2, -0.15) is 10.1 Å². The number of anilines is 1. The average molecular weight is 332 g/mol. The van der Waals surface area contributed by atoms with E-state index in [1.165, 1.54) is 0 Å². The summed E-state index contributed by atoms with van der Waals surface area (Å²) in [6, 6.07) is 0. The fourth-order valence-electron chi connectivity index (χ4n) is 3.22. The molecule has 1 atom stereocenters. The van der Waals surface area contributed by atoms with Crippen molar-refractivity contribution in [3.05, 3.63) is 23.1 Å². The first-order chi connectivity index (χ1) is 11.4. The fourth-order valence-corrected chi connectivity index (χ4v) is 3.22. The Morgan fingerprint density at radius 1 is 1.38 bits per heavy atom. The molecule has 1 saturated heterocycles. The molecule has 130 valence electrons. The Morgan fingerprint density at radius 3 is 2.79 bits per heavy atom. The molecule has 2 aromatic rings. The molecule has 0 saturated carbocycles. The highest BCUT2D eigenvalue weighted by atomic mass is 16.5. The quantitative estimate of drug-likeness (QED) is 0.914. The van der Waals surface area contributed by atoms with E-state index < -0.39 is 0 Å². The van der Waals surface area contributed by atoms with Gasteiger partial charge in [0.25, 0.3) is 0 Å². The summed E-state index contributed by atoms with van der Waals surface area (Å²) in [4.78, 5) is 18.9. The number of carbonyl (C=O) groups is 1. The summed E-state index contributed by atoms with van der Waals surface area (Å²) >= 11 is 0. The highest BCUT2D eigenvalue weighted by Gasteiger charge is 2.27. The second-order valence-corrected chi connectivity index (χ2v) is 6.47. The molecule has 3 rings (SSSR count). The van der Waals surface area contributed by atoms with Crippen molar-refractivity contribution < 1.29 is 9.32 Å². The van der Waals surface area contributed by atoms with Crippen molar-refractivity contribution in [1.29, 1.82) is 0 Å². The second kappa shape index (κ2) is 6.72. The van der Waals surface area contributed by atoms with Crippen LogP contribution in [0.1, 0.15) is 41.9 Å². The molecule has 8 nitrogen and oxygen atoms in total. The van der Waals surface area contributed by atoms with Gasteiger partial charge in [0.1, 0.15) is 0 Å². The van der Waals surface area contributed by atoms with Gasteiger partial charge in [-0.25, -0.2) is 0 Å². The zero-order valence-corrected chi connectivity index (χ0v) is 14.7. The highest BCUT2D eigenvalue weighted by molar-refractivity contribution is 5.93. The lowest BCUT2D eigenvalue weighted by molar-refractivity contribution is -0.117. The van der Waals surface area contributed by atoms with Gasteiger partial charge >= 0.3 is 0 Å². The van der Waals surface area contributed by atoms with Crippen molar-refractivity contribution in [2.45, 2.75) is 39.5 Å². The summed E-state index contributed by atoms with van der Waals surface area (Å²) in [6.07, 6.45) is 2.03. The van der Waals surface area contributed by atoms with Gasteiger partial charge in [-0.05, 0) is 40.2 Å². The minimum absolute atomic E-state index is 0.0171. The molecule has 0 spiro atoms. The first-order valence-corrected chi connectivity index (χ1v) is 8.26. The smallest absolute Gasteiger partial charge is 0.238 e. The molecule has 1 aliphatic rings. The van der Waals surface area contributed by atoms with Gasteiger partial charge in [0.2, 0.25) is 11.8 Å². The van der Waals surface area contributed by atoms with Crippen LogP contribution in [0.25, 0.3) is 0 Å². The van der Waals surface area contributed by atoms with E-state index in [-0.39, 0.29) is 11.8 Å². The Kier molecular flexibility index (Phi) is 4.66. The molecule has 0 bridgehead atoms. The largest absolute Gasteiger partial charge is 0.339 e. The van der Waals surface area contributed by atoms with E-state index in [1.54, 1.807) is 4.68 Å². The molecule has 8 heteroatoms. The van der Waals surface area contributed by atoms with E-state index in [9.17, 15) is 4.79 Å². The van der Waals surface area contributed by atoms with Crippen LogP contribution in [0.3, 0.4) is 0 Å². The van der Waals surface area contributed by atoms with Crippen molar-refractivity contribution in [1.82, 2.24) is 24.8 Å². The molecule has 1 amide bonds. The molecule has 0 radical (unpaired) electrons. The lowest BCUT2D eigenvalue weighted by atomic mass is 9.98. The molecule has 1 unspecified atom stereocenters. The van der Waals surface area contributed by atoms with Crippen LogP contribution in [0.15, 0.2) is 4.52 Å². The number of nitrogens with one attached hydrogen (secondary N) is 1. The number of rotatable bonds is 4. The van der Waals surface area contributed by atoms with E-state index in [1.807, 2.05) is 27.8 Å².